The zero-order chi connectivity index (χ0) is 15.6. The number of aliphatic hydroxyl groups excluding tert-OH is 1. The zero-order valence-corrected chi connectivity index (χ0v) is 12.6. The molecule has 1 aromatic heterocycles. The summed E-state index contributed by atoms with van der Waals surface area (Å²) in [4.78, 5) is 23.6. The topological polar surface area (TPSA) is 130 Å². The van der Waals surface area contributed by atoms with Crippen molar-refractivity contribution >= 4 is 33.8 Å². The number of primary amides is 1. The van der Waals surface area contributed by atoms with E-state index < -0.39 is 5.91 Å². The molecular formula is C13H20N4O3S. The predicted octanol–water partition coefficient (Wildman–Crippen LogP) is 0.504. The molecule has 8 heteroatoms. The van der Waals surface area contributed by atoms with E-state index in [4.69, 9.17) is 11.5 Å². The summed E-state index contributed by atoms with van der Waals surface area (Å²) in [7, 11) is 1.50. The van der Waals surface area contributed by atoms with Gasteiger partial charge in [0.2, 0.25) is 0 Å². The van der Waals surface area contributed by atoms with E-state index in [1.165, 1.54) is 7.05 Å². The number of carbonyl (C=O) groups is 2. The first-order valence-corrected chi connectivity index (χ1v) is 7.64. The van der Waals surface area contributed by atoms with Gasteiger partial charge in [0, 0.05) is 13.1 Å². The molecule has 1 heterocycles. The number of rotatable bonds is 4. The average molecular weight is 312 g/mol. The smallest absolute Gasteiger partial charge is 0.263 e. The van der Waals surface area contributed by atoms with Crippen molar-refractivity contribution in [1.29, 1.82) is 0 Å². The van der Waals surface area contributed by atoms with E-state index in [0.717, 1.165) is 24.2 Å². The Hall–Kier alpha value is -1.80. The Balaban J connectivity index is 2.25. The average Bonchev–Trinajstić information content (AvgIpc) is 2.77. The van der Waals surface area contributed by atoms with Crippen LogP contribution in [-0.2, 0) is 0 Å². The van der Waals surface area contributed by atoms with E-state index in [1.807, 2.05) is 0 Å². The quantitative estimate of drug-likeness (QED) is 0.553. The van der Waals surface area contributed by atoms with E-state index in [-0.39, 0.29) is 34.2 Å². The van der Waals surface area contributed by atoms with Crippen molar-refractivity contribution in [1.82, 2.24) is 5.32 Å². The summed E-state index contributed by atoms with van der Waals surface area (Å²) in [5, 5.41) is 15.8. The highest BCUT2D eigenvalue weighted by molar-refractivity contribution is 7.19. The van der Waals surface area contributed by atoms with Crippen molar-refractivity contribution in [3.8, 4) is 0 Å². The van der Waals surface area contributed by atoms with Crippen molar-refractivity contribution in [2.45, 2.75) is 37.8 Å². The molecule has 0 aliphatic heterocycles. The molecule has 0 saturated heterocycles. The highest BCUT2D eigenvalue weighted by Gasteiger charge is 2.26. The van der Waals surface area contributed by atoms with Crippen molar-refractivity contribution in [3.05, 3.63) is 10.4 Å². The minimum atomic E-state index is -0.655. The highest BCUT2D eigenvalue weighted by Crippen LogP contribution is 2.37. The zero-order valence-electron chi connectivity index (χ0n) is 11.8. The van der Waals surface area contributed by atoms with Gasteiger partial charge in [-0.05, 0) is 25.7 Å². The molecule has 0 aromatic carbocycles. The van der Waals surface area contributed by atoms with Gasteiger partial charge in [-0.15, -0.1) is 11.3 Å². The molecule has 0 spiro atoms. The fourth-order valence-electron chi connectivity index (χ4n) is 2.48. The van der Waals surface area contributed by atoms with E-state index in [9.17, 15) is 14.7 Å². The standard InChI is InChI=1S/C13H20N4O3S/c1-16-12(20)10-9(14)8(11(15)19)13(21-10)17-6-2-4-7(18)5-3-6/h6-7,17-18H,2-5,14H2,1H3,(H2,15,19)(H,16,20). The first-order valence-electron chi connectivity index (χ1n) is 6.82. The largest absolute Gasteiger partial charge is 0.397 e. The number of nitrogen functional groups attached to an aromatic ring is 1. The molecule has 2 rings (SSSR count). The van der Waals surface area contributed by atoms with Gasteiger partial charge in [-0.1, -0.05) is 0 Å². The monoisotopic (exact) mass is 312 g/mol. The fraction of sp³-hybridized carbons (Fsp3) is 0.538. The van der Waals surface area contributed by atoms with Crippen LogP contribution in [0.15, 0.2) is 0 Å². The molecule has 0 atom stereocenters. The van der Waals surface area contributed by atoms with Gasteiger partial charge in [0.25, 0.3) is 11.8 Å². The van der Waals surface area contributed by atoms with Crippen LogP contribution in [0.1, 0.15) is 45.7 Å². The normalized spacial score (nSPS) is 21.8. The number of hydrogen-bond acceptors (Lipinski definition) is 6. The number of amides is 2. The Bertz CT molecular complexity index is 550. The van der Waals surface area contributed by atoms with Gasteiger partial charge < -0.3 is 27.2 Å². The van der Waals surface area contributed by atoms with E-state index in [0.29, 0.717) is 17.8 Å². The van der Waals surface area contributed by atoms with Crippen molar-refractivity contribution in [2.75, 3.05) is 18.1 Å². The maximum absolute atomic E-state index is 11.8. The Morgan fingerprint density at radius 3 is 2.43 bits per heavy atom. The molecule has 0 radical (unpaired) electrons. The molecule has 2 amide bonds. The second-order valence-electron chi connectivity index (χ2n) is 5.14. The Morgan fingerprint density at radius 1 is 1.29 bits per heavy atom. The summed E-state index contributed by atoms with van der Waals surface area (Å²) in [6, 6.07) is 0.141. The summed E-state index contributed by atoms with van der Waals surface area (Å²) in [5.41, 5.74) is 11.5. The number of hydrogen-bond donors (Lipinski definition) is 5. The fourth-order valence-corrected chi connectivity index (χ4v) is 3.63. The lowest BCUT2D eigenvalue weighted by Gasteiger charge is -2.26. The highest BCUT2D eigenvalue weighted by atomic mass is 32.1. The number of nitrogens with one attached hydrogen (secondary N) is 2. The van der Waals surface area contributed by atoms with Crippen molar-refractivity contribution in [2.24, 2.45) is 5.73 Å². The lowest BCUT2D eigenvalue weighted by molar-refractivity contribution is 0.0967. The van der Waals surface area contributed by atoms with Gasteiger partial charge in [0.15, 0.2) is 0 Å². The second-order valence-corrected chi connectivity index (χ2v) is 6.16. The number of carbonyl (C=O) groups excluding carboxylic acids is 2. The van der Waals surface area contributed by atoms with Gasteiger partial charge in [-0.25, -0.2) is 0 Å². The minimum absolute atomic E-state index is 0.116. The molecule has 7 N–H and O–H groups in total. The Kier molecular flexibility index (Phi) is 4.69. The summed E-state index contributed by atoms with van der Waals surface area (Å²) in [6.07, 6.45) is 2.77. The third kappa shape index (κ3) is 3.27. The second kappa shape index (κ2) is 6.31. The van der Waals surface area contributed by atoms with Crippen LogP contribution in [-0.4, -0.2) is 36.1 Å². The van der Waals surface area contributed by atoms with Gasteiger partial charge in [-0.3, -0.25) is 9.59 Å². The van der Waals surface area contributed by atoms with E-state index in [1.54, 1.807) is 0 Å². The first-order chi connectivity index (χ1) is 9.93. The number of nitrogens with two attached hydrogens (primary N) is 2. The molecule has 0 bridgehead atoms. The third-order valence-electron chi connectivity index (χ3n) is 3.66. The SMILES string of the molecule is CNC(=O)c1sc(NC2CCC(O)CC2)c(C(N)=O)c1N. The molecule has 0 unspecified atom stereocenters. The van der Waals surface area contributed by atoms with Crippen molar-refractivity contribution < 1.29 is 14.7 Å². The van der Waals surface area contributed by atoms with Crippen LogP contribution in [0.25, 0.3) is 0 Å². The molecule has 1 aromatic rings. The summed E-state index contributed by atoms with van der Waals surface area (Å²) in [6.45, 7) is 0. The molecule has 7 nitrogen and oxygen atoms in total. The van der Waals surface area contributed by atoms with Gasteiger partial charge in [0.1, 0.15) is 9.88 Å². The van der Waals surface area contributed by atoms with Crippen LogP contribution < -0.4 is 22.1 Å². The molecule has 1 aliphatic carbocycles. The third-order valence-corrected chi connectivity index (χ3v) is 4.79. The predicted molar refractivity (Wildman–Crippen MR) is 82.5 cm³/mol. The molecule has 1 fully saturated rings. The molecule has 1 aliphatic rings. The molecule has 21 heavy (non-hydrogen) atoms. The molecular weight excluding hydrogens is 292 g/mol. The lowest BCUT2D eigenvalue weighted by atomic mass is 9.93. The number of anilines is 2. The first kappa shape index (κ1) is 15.6. The Labute approximate surface area is 126 Å². The van der Waals surface area contributed by atoms with Crippen LogP contribution in [0, 0.1) is 0 Å². The van der Waals surface area contributed by atoms with Crippen LogP contribution in [0.3, 0.4) is 0 Å². The summed E-state index contributed by atoms with van der Waals surface area (Å²) < 4.78 is 0. The van der Waals surface area contributed by atoms with Gasteiger partial charge in [-0.2, -0.15) is 0 Å². The summed E-state index contributed by atoms with van der Waals surface area (Å²) >= 11 is 1.13. The van der Waals surface area contributed by atoms with Gasteiger partial charge in [0.05, 0.1) is 17.4 Å². The lowest BCUT2D eigenvalue weighted by Crippen LogP contribution is -2.28. The molecule has 1 saturated carbocycles. The number of thiophene rings is 1. The van der Waals surface area contributed by atoms with Crippen LogP contribution >= 0.6 is 11.3 Å². The Morgan fingerprint density at radius 2 is 1.90 bits per heavy atom. The van der Waals surface area contributed by atoms with Crippen LogP contribution in [0.5, 0.6) is 0 Å². The number of aliphatic hydroxyl groups is 1. The van der Waals surface area contributed by atoms with Crippen LogP contribution in [0.2, 0.25) is 0 Å². The minimum Gasteiger partial charge on any atom is -0.397 e. The maximum atomic E-state index is 11.8. The van der Waals surface area contributed by atoms with Crippen molar-refractivity contribution in [3.63, 3.8) is 0 Å². The van der Waals surface area contributed by atoms with E-state index >= 15 is 0 Å². The molecule has 116 valence electrons. The van der Waals surface area contributed by atoms with Crippen LogP contribution in [0.4, 0.5) is 10.7 Å². The van der Waals surface area contributed by atoms with Gasteiger partial charge >= 0.3 is 0 Å². The summed E-state index contributed by atoms with van der Waals surface area (Å²) in [5.74, 6) is -0.996. The maximum Gasteiger partial charge on any atom is 0.263 e. The van der Waals surface area contributed by atoms with E-state index in [2.05, 4.69) is 10.6 Å².